The summed E-state index contributed by atoms with van der Waals surface area (Å²) in [6.45, 7) is 2.53. The van der Waals surface area contributed by atoms with Gasteiger partial charge in [0.2, 0.25) is 0 Å². The number of aryl methyl sites for hydroxylation is 1. The summed E-state index contributed by atoms with van der Waals surface area (Å²) < 4.78 is 0. The molecule has 2 heterocycles. The number of thiophene rings is 1. The van der Waals surface area contributed by atoms with Crippen LogP contribution in [-0.4, -0.2) is 23.8 Å². The number of carbonyl (C=O) groups excluding carboxylic acids is 2. The molecule has 2 amide bonds. The van der Waals surface area contributed by atoms with Gasteiger partial charge in [0.1, 0.15) is 5.70 Å². The van der Waals surface area contributed by atoms with Gasteiger partial charge in [-0.3, -0.25) is 9.59 Å². The monoisotopic (exact) mass is 388 g/mol. The van der Waals surface area contributed by atoms with E-state index < -0.39 is 0 Å². The third-order valence-corrected chi connectivity index (χ3v) is 5.65. The smallest absolute Gasteiger partial charge is 0.282 e. The molecule has 1 aromatic heterocycles. The Morgan fingerprint density at radius 1 is 0.893 bits per heavy atom. The van der Waals surface area contributed by atoms with Gasteiger partial charge in [-0.1, -0.05) is 54.1 Å². The van der Waals surface area contributed by atoms with Crippen LogP contribution in [0.15, 0.2) is 77.8 Å². The maximum Gasteiger partial charge on any atom is 0.282 e. The van der Waals surface area contributed by atoms with E-state index in [4.69, 9.17) is 0 Å². The van der Waals surface area contributed by atoms with E-state index in [9.17, 15) is 9.59 Å². The summed E-state index contributed by atoms with van der Waals surface area (Å²) in [4.78, 5) is 30.6. The minimum atomic E-state index is -0.282. The van der Waals surface area contributed by atoms with E-state index in [1.165, 1.54) is 16.2 Å². The molecular weight excluding hydrogens is 368 g/mol. The number of imide groups is 1. The third kappa shape index (κ3) is 3.25. The Bertz CT molecular complexity index is 1040. The predicted octanol–water partition coefficient (Wildman–Crippen LogP) is 4.47. The van der Waals surface area contributed by atoms with Gasteiger partial charge in [0.05, 0.1) is 11.3 Å². The highest BCUT2D eigenvalue weighted by atomic mass is 32.1. The number of rotatable bonds is 5. The van der Waals surface area contributed by atoms with Gasteiger partial charge in [0.25, 0.3) is 11.8 Å². The van der Waals surface area contributed by atoms with Crippen molar-refractivity contribution >= 4 is 34.4 Å². The summed E-state index contributed by atoms with van der Waals surface area (Å²) in [6, 6.07) is 21.2. The zero-order chi connectivity index (χ0) is 19.7. The first-order valence-corrected chi connectivity index (χ1v) is 9.93. The van der Waals surface area contributed by atoms with Crippen molar-refractivity contribution in [3.05, 3.63) is 93.8 Å². The SMILES string of the molecule is Cc1ccc(N2C(=O)C(c3cccs3)=C(N(C)Cc3ccccc3)C2=O)cc1. The van der Waals surface area contributed by atoms with Gasteiger partial charge >= 0.3 is 0 Å². The van der Waals surface area contributed by atoms with Crippen molar-refractivity contribution in [3.8, 4) is 0 Å². The van der Waals surface area contributed by atoms with Gasteiger partial charge in [0, 0.05) is 18.5 Å². The number of hydrogen-bond acceptors (Lipinski definition) is 4. The Labute approximate surface area is 168 Å². The number of nitrogens with zero attached hydrogens (tertiary/aromatic N) is 2. The van der Waals surface area contributed by atoms with Crippen molar-refractivity contribution < 1.29 is 9.59 Å². The zero-order valence-corrected chi connectivity index (χ0v) is 16.6. The first kappa shape index (κ1) is 18.2. The Morgan fingerprint density at radius 3 is 2.25 bits per heavy atom. The first-order valence-electron chi connectivity index (χ1n) is 9.05. The number of anilines is 1. The fourth-order valence-electron chi connectivity index (χ4n) is 3.38. The van der Waals surface area contributed by atoms with E-state index in [0.717, 1.165) is 16.0 Å². The molecule has 0 saturated carbocycles. The van der Waals surface area contributed by atoms with Gasteiger partial charge < -0.3 is 4.90 Å². The highest BCUT2D eigenvalue weighted by molar-refractivity contribution is 7.11. The lowest BCUT2D eigenvalue weighted by atomic mass is 10.1. The highest BCUT2D eigenvalue weighted by Crippen LogP contribution is 2.36. The van der Waals surface area contributed by atoms with Gasteiger partial charge in [-0.25, -0.2) is 4.90 Å². The van der Waals surface area contributed by atoms with E-state index >= 15 is 0 Å². The molecule has 0 spiro atoms. The lowest BCUT2D eigenvalue weighted by molar-refractivity contribution is -0.120. The second-order valence-electron chi connectivity index (χ2n) is 6.82. The van der Waals surface area contributed by atoms with E-state index in [1.807, 2.05) is 91.0 Å². The van der Waals surface area contributed by atoms with E-state index in [1.54, 1.807) is 0 Å². The van der Waals surface area contributed by atoms with Crippen LogP contribution in [0.2, 0.25) is 0 Å². The number of carbonyl (C=O) groups is 2. The highest BCUT2D eigenvalue weighted by Gasteiger charge is 2.42. The Balaban J connectivity index is 1.76. The molecule has 1 aliphatic rings. The molecule has 0 N–H and O–H groups in total. The maximum absolute atomic E-state index is 13.3. The summed E-state index contributed by atoms with van der Waals surface area (Å²) in [7, 11) is 1.86. The zero-order valence-electron chi connectivity index (χ0n) is 15.8. The summed E-state index contributed by atoms with van der Waals surface area (Å²) in [5.74, 6) is -0.554. The Kier molecular flexibility index (Phi) is 4.84. The molecule has 0 fully saturated rings. The molecule has 140 valence electrons. The predicted molar refractivity (Wildman–Crippen MR) is 113 cm³/mol. The third-order valence-electron chi connectivity index (χ3n) is 4.76. The molecule has 0 bridgehead atoms. The Hall–Kier alpha value is -3.18. The van der Waals surface area contributed by atoms with Crippen LogP contribution in [0, 0.1) is 6.92 Å². The minimum absolute atomic E-state index is 0.272. The van der Waals surface area contributed by atoms with Crippen LogP contribution in [0.5, 0.6) is 0 Å². The molecule has 1 aliphatic heterocycles. The molecule has 2 aromatic carbocycles. The van der Waals surface area contributed by atoms with Crippen molar-refractivity contribution in [1.29, 1.82) is 0 Å². The van der Waals surface area contributed by atoms with E-state index in [-0.39, 0.29) is 11.8 Å². The average Bonchev–Trinajstić information content (AvgIpc) is 3.30. The fraction of sp³-hybridized carbons (Fsp3) is 0.130. The molecule has 3 aromatic rings. The van der Waals surface area contributed by atoms with Gasteiger partial charge in [-0.15, -0.1) is 11.3 Å². The summed E-state index contributed by atoms with van der Waals surface area (Å²) >= 11 is 1.47. The average molecular weight is 388 g/mol. The number of amides is 2. The lowest BCUT2D eigenvalue weighted by Crippen LogP contribution is -2.34. The Morgan fingerprint density at radius 2 is 1.61 bits per heavy atom. The number of likely N-dealkylation sites (N-methyl/N-ethyl adjacent to an activating group) is 1. The van der Waals surface area contributed by atoms with Crippen molar-refractivity contribution in [1.82, 2.24) is 4.90 Å². The topological polar surface area (TPSA) is 40.6 Å². The largest absolute Gasteiger partial charge is 0.365 e. The summed E-state index contributed by atoms with van der Waals surface area (Å²) in [5, 5.41) is 1.92. The van der Waals surface area contributed by atoms with Crippen molar-refractivity contribution in [2.75, 3.05) is 11.9 Å². The van der Waals surface area contributed by atoms with E-state index in [0.29, 0.717) is 23.5 Å². The number of benzene rings is 2. The van der Waals surface area contributed by atoms with Gasteiger partial charge in [-0.2, -0.15) is 0 Å². The van der Waals surface area contributed by atoms with E-state index in [2.05, 4.69) is 0 Å². The van der Waals surface area contributed by atoms with Crippen LogP contribution in [0.25, 0.3) is 5.57 Å². The summed E-state index contributed by atoms with van der Waals surface area (Å²) in [5.41, 5.74) is 3.67. The summed E-state index contributed by atoms with van der Waals surface area (Å²) in [6.07, 6.45) is 0. The maximum atomic E-state index is 13.3. The second-order valence-corrected chi connectivity index (χ2v) is 7.77. The molecule has 5 heteroatoms. The first-order chi connectivity index (χ1) is 13.6. The van der Waals surface area contributed by atoms with Crippen LogP contribution in [-0.2, 0) is 16.1 Å². The normalized spacial score (nSPS) is 14.1. The molecule has 0 unspecified atom stereocenters. The quantitative estimate of drug-likeness (QED) is 0.606. The van der Waals surface area contributed by atoms with Crippen LogP contribution >= 0.6 is 11.3 Å². The molecule has 4 nitrogen and oxygen atoms in total. The molecule has 28 heavy (non-hydrogen) atoms. The van der Waals surface area contributed by atoms with Crippen LogP contribution < -0.4 is 4.90 Å². The van der Waals surface area contributed by atoms with Gasteiger partial charge in [-0.05, 0) is 36.1 Å². The molecule has 0 atom stereocenters. The molecule has 0 aliphatic carbocycles. The lowest BCUT2D eigenvalue weighted by Gasteiger charge is -2.21. The van der Waals surface area contributed by atoms with Gasteiger partial charge in [0.15, 0.2) is 0 Å². The fourth-order valence-corrected chi connectivity index (χ4v) is 4.14. The van der Waals surface area contributed by atoms with Crippen molar-refractivity contribution in [3.63, 3.8) is 0 Å². The van der Waals surface area contributed by atoms with Crippen molar-refractivity contribution in [2.45, 2.75) is 13.5 Å². The second kappa shape index (κ2) is 7.44. The van der Waals surface area contributed by atoms with Crippen molar-refractivity contribution in [2.24, 2.45) is 0 Å². The number of hydrogen-bond donors (Lipinski definition) is 0. The standard InChI is InChI=1S/C23H20N2O2S/c1-16-10-12-18(13-11-16)25-22(26)20(19-9-6-14-28-19)21(23(25)27)24(2)15-17-7-4-3-5-8-17/h3-14H,15H2,1-2H3. The molecular formula is C23H20N2O2S. The minimum Gasteiger partial charge on any atom is -0.365 e. The van der Waals surface area contributed by atoms with Crippen LogP contribution in [0.4, 0.5) is 5.69 Å². The molecule has 4 rings (SSSR count). The van der Waals surface area contributed by atoms with Crippen LogP contribution in [0.3, 0.4) is 0 Å². The molecule has 0 radical (unpaired) electrons. The van der Waals surface area contributed by atoms with Crippen LogP contribution in [0.1, 0.15) is 16.0 Å². The molecule has 0 saturated heterocycles.